The van der Waals surface area contributed by atoms with Crippen molar-refractivity contribution in [2.45, 2.75) is 0 Å². The smallest absolute Gasteiger partial charge is 0.205 e. The number of carbonyl (C=O) groups excluding carboxylic acids is 1. The minimum Gasteiger partial charge on any atom is -0.399 e. The SMILES string of the molecule is Nc1ccc(C(=O)c2cc(Br)c(Cl)s2)c(N)c1. The van der Waals surface area contributed by atoms with Crippen molar-refractivity contribution in [1.82, 2.24) is 0 Å². The summed E-state index contributed by atoms with van der Waals surface area (Å²) in [4.78, 5) is 12.7. The lowest BCUT2D eigenvalue weighted by Crippen LogP contribution is -2.04. The highest BCUT2D eigenvalue weighted by atomic mass is 79.9. The molecule has 17 heavy (non-hydrogen) atoms. The molecule has 0 amide bonds. The number of hydrogen-bond acceptors (Lipinski definition) is 4. The van der Waals surface area contributed by atoms with E-state index in [9.17, 15) is 4.79 Å². The van der Waals surface area contributed by atoms with E-state index in [2.05, 4.69) is 15.9 Å². The summed E-state index contributed by atoms with van der Waals surface area (Å²) in [5.74, 6) is -0.153. The maximum atomic E-state index is 12.2. The van der Waals surface area contributed by atoms with Crippen LogP contribution in [0, 0.1) is 0 Å². The van der Waals surface area contributed by atoms with E-state index in [0.29, 0.717) is 30.6 Å². The minimum atomic E-state index is -0.153. The topological polar surface area (TPSA) is 69.1 Å². The Balaban J connectivity index is 2.43. The third kappa shape index (κ3) is 2.46. The predicted molar refractivity (Wildman–Crippen MR) is 75.7 cm³/mol. The average molecular weight is 332 g/mol. The van der Waals surface area contributed by atoms with E-state index in [-0.39, 0.29) is 5.78 Å². The maximum absolute atomic E-state index is 12.2. The van der Waals surface area contributed by atoms with Gasteiger partial charge < -0.3 is 11.5 Å². The first kappa shape index (κ1) is 12.4. The molecule has 0 fully saturated rings. The summed E-state index contributed by atoms with van der Waals surface area (Å²) in [6.45, 7) is 0. The van der Waals surface area contributed by atoms with E-state index in [4.69, 9.17) is 23.1 Å². The summed E-state index contributed by atoms with van der Waals surface area (Å²) in [6, 6.07) is 6.52. The quantitative estimate of drug-likeness (QED) is 0.653. The molecule has 88 valence electrons. The summed E-state index contributed by atoms with van der Waals surface area (Å²) in [5, 5.41) is 0. The first-order valence-electron chi connectivity index (χ1n) is 4.63. The molecular formula is C11H8BrClN2OS. The lowest BCUT2D eigenvalue weighted by atomic mass is 10.1. The summed E-state index contributed by atoms with van der Waals surface area (Å²) >= 11 is 10.4. The highest BCUT2D eigenvalue weighted by Gasteiger charge is 2.16. The van der Waals surface area contributed by atoms with Crippen LogP contribution in [0.15, 0.2) is 28.7 Å². The van der Waals surface area contributed by atoms with Gasteiger partial charge in [-0.3, -0.25) is 4.79 Å². The van der Waals surface area contributed by atoms with Gasteiger partial charge in [0.2, 0.25) is 5.78 Å². The first-order chi connectivity index (χ1) is 7.99. The maximum Gasteiger partial charge on any atom is 0.205 e. The molecule has 6 heteroatoms. The molecule has 4 N–H and O–H groups in total. The highest BCUT2D eigenvalue weighted by Crippen LogP contribution is 2.34. The van der Waals surface area contributed by atoms with Crippen LogP contribution in [-0.2, 0) is 0 Å². The van der Waals surface area contributed by atoms with Crippen molar-refractivity contribution in [3.05, 3.63) is 43.5 Å². The van der Waals surface area contributed by atoms with Crippen LogP contribution in [0.25, 0.3) is 0 Å². The number of halogens is 2. The van der Waals surface area contributed by atoms with E-state index < -0.39 is 0 Å². The van der Waals surface area contributed by atoms with Crippen molar-refractivity contribution in [2.24, 2.45) is 0 Å². The lowest BCUT2D eigenvalue weighted by molar-refractivity contribution is 0.104. The molecule has 0 aliphatic rings. The van der Waals surface area contributed by atoms with E-state index in [0.717, 1.165) is 0 Å². The second-order valence-corrected chi connectivity index (χ2v) is 5.92. The fourth-order valence-corrected chi connectivity index (χ4v) is 3.04. The normalized spacial score (nSPS) is 10.5. The largest absolute Gasteiger partial charge is 0.399 e. The Morgan fingerprint density at radius 1 is 1.29 bits per heavy atom. The van der Waals surface area contributed by atoms with Gasteiger partial charge in [0, 0.05) is 21.4 Å². The zero-order valence-electron chi connectivity index (χ0n) is 8.54. The number of hydrogen-bond donors (Lipinski definition) is 2. The molecule has 3 nitrogen and oxygen atoms in total. The number of anilines is 2. The number of ketones is 1. The van der Waals surface area contributed by atoms with Gasteiger partial charge in [0.1, 0.15) is 4.34 Å². The number of rotatable bonds is 2. The number of nitrogens with two attached hydrogens (primary N) is 2. The van der Waals surface area contributed by atoms with Crippen molar-refractivity contribution in [1.29, 1.82) is 0 Å². The van der Waals surface area contributed by atoms with E-state index in [1.807, 2.05) is 0 Å². The Morgan fingerprint density at radius 2 is 2.00 bits per heavy atom. The molecule has 0 radical (unpaired) electrons. The van der Waals surface area contributed by atoms with Crippen LogP contribution in [0.1, 0.15) is 15.2 Å². The first-order valence-corrected chi connectivity index (χ1v) is 6.62. The Bertz CT molecular complexity index is 578. The molecule has 1 aromatic heterocycles. The molecular weight excluding hydrogens is 324 g/mol. The van der Waals surface area contributed by atoms with Crippen molar-refractivity contribution in [3.8, 4) is 0 Å². The van der Waals surface area contributed by atoms with Gasteiger partial charge >= 0.3 is 0 Å². The summed E-state index contributed by atoms with van der Waals surface area (Å²) in [5.41, 5.74) is 12.7. The molecule has 2 rings (SSSR count). The number of carbonyl (C=O) groups is 1. The van der Waals surface area contributed by atoms with Crippen molar-refractivity contribution < 1.29 is 4.79 Å². The van der Waals surface area contributed by atoms with Gasteiger partial charge in [0.15, 0.2) is 0 Å². The molecule has 0 saturated carbocycles. The second kappa shape index (κ2) is 4.68. The average Bonchev–Trinajstić information content (AvgIpc) is 2.58. The highest BCUT2D eigenvalue weighted by molar-refractivity contribution is 9.10. The van der Waals surface area contributed by atoms with Crippen molar-refractivity contribution >= 4 is 56.0 Å². The molecule has 0 atom stereocenters. The predicted octanol–water partition coefficient (Wildman–Crippen LogP) is 3.56. The van der Waals surface area contributed by atoms with E-state index in [1.165, 1.54) is 11.3 Å². The van der Waals surface area contributed by atoms with Gasteiger partial charge in [-0.15, -0.1) is 11.3 Å². The van der Waals surface area contributed by atoms with Crippen molar-refractivity contribution in [2.75, 3.05) is 11.5 Å². The standard InChI is InChI=1S/C11H8BrClN2OS/c12-7-4-9(17-11(7)13)10(16)6-2-1-5(14)3-8(6)15/h1-4H,14-15H2. The number of nitrogen functional groups attached to an aromatic ring is 2. The zero-order chi connectivity index (χ0) is 12.6. The third-order valence-electron chi connectivity index (χ3n) is 2.19. The van der Waals surface area contributed by atoms with Crippen LogP contribution in [0.2, 0.25) is 4.34 Å². The lowest BCUT2D eigenvalue weighted by Gasteiger charge is -2.03. The number of benzene rings is 1. The molecule has 1 heterocycles. The molecule has 0 spiro atoms. The Labute approximate surface area is 116 Å². The fourth-order valence-electron chi connectivity index (χ4n) is 1.38. The van der Waals surface area contributed by atoms with E-state index >= 15 is 0 Å². The third-order valence-corrected chi connectivity index (χ3v) is 4.66. The molecule has 0 aliphatic heterocycles. The molecule has 0 saturated heterocycles. The summed E-state index contributed by atoms with van der Waals surface area (Å²) in [7, 11) is 0. The van der Waals surface area contributed by atoms with E-state index in [1.54, 1.807) is 24.3 Å². The van der Waals surface area contributed by atoms with Gasteiger partial charge in [-0.2, -0.15) is 0 Å². The summed E-state index contributed by atoms with van der Waals surface area (Å²) in [6.07, 6.45) is 0. The van der Waals surface area contributed by atoms with Gasteiger partial charge in [-0.25, -0.2) is 0 Å². The molecule has 2 aromatic rings. The van der Waals surface area contributed by atoms with Crippen LogP contribution < -0.4 is 11.5 Å². The Kier molecular flexibility index (Phi) is 3.42. The van der Waals surface area contributed by atoms with Crippen LogP contribution in [0.5, 0.6) is 0 Å². The molecule has 1 aromatic carbocycles. The van der Waals surface area contributed by atoms with Gasteiger partial charge in [0.05, 0.1) is 4.88 Å². The molecule has 0 bridgehead atoms. The number of thiophene rings is 1. The molecule has 0 unspecified atom stereocenters. The van der Waals surface area contributed by atoms with Crippen LogP contribution in [0.4, 0.5) is 11.4 Å². The molecule has 0 aliphatic carbocycles. The summed E-state index contributed by atoms with van der Waals surface area (Å²) < 4.78 is 1.25. The van der Waals surface area contributed by atoms with Crippen LogP contribution in [-0.4, -0.2) is 5.78 Å². The fraction of sp³-hybridized carbons (Fsp3) is 0. The van der Waals surface area contributed by atoms with Gasteiger partial charge in [-0.1, -0.05) is 11.6 Å². The van der Waals surface area contributed by atoms with Crippen LogP contribution in [0.3, 0.4) is 0 Å². The Hall–Kier alpha value is -1.04. The van der Waals surface area contributed by atoms with Crippen LogP contribution >= 0.6 is 38.9 Å². The second-order valence-electron chi connectivity index (χ2n) is 3.41. The minimum absolute atomic E-state index is 0.153. The zero-order valence-corrected chi connectivity index (χ0v) is 11.7. The monoisotopic (exact) mass is 330 g/mol. The Morgan fingerprint density at radius 3 is 2.53 bits per heavy atom. The van der Waals surface area contributed by atoms with Crippen molar-refractivity contribution in [3.63, 3.8) is 0 Å². The van der Waals surface area contributed by atoms with Gasteiger partial charge in [-0.05, 0) is 40.2 Å². The van der Waals surface area contributed by atoms with Gasteiger partial charge in [0.25, 0.3) is 0 Å².